The van der Waals surface area contributed by atoms with Crippen LogP contribution in [0.25, 0.3) is 0 Å². The molecule has 2 heteroatoms. The van der Waals surface area contributed by atoms with Gasteiger partial charge in [0.2, 0.25) is 0 Å². The average molecular weight is 355 g/mol. The molecule has 150 valence electrons. The van der Waals surface area contributed by atoms with Crippen LogP contribution in [0.3, 0.4) is 0 Å². The van der Waals surface area contributed by atoms with Gasteiger partial charge in [0.05, 0.1) is 5.60 Å². The van der Waals surface area contributed by atoms with Crippen LogP contribution in [-0.4, -0.2) is 18.0 Å². The molecule has 0 aromatic heterocycles. The van der Waals surface area contributed by atoms with Gasteiger partial charge in [0.25, 0.3) is 0 Å². The first-order valence-electron chi connectivity index (χ1n) is 10.3. The summed E-state index contributed by atoms with van der Waals surface area (Å²) in [4.78, 5) is 12.7. The summed E-state index contributed by atoms with van der Waals surface area (Å²) in [5, 5.41) is 0. The number of ether oxygens (including phenoxy) is 1. The molecule has 0 saturated carbocycles. The number of rotatable bonds is 13. The molecule has 0 saturated heterocycles. The summed E-state index contributed by atoms with van der Waals surface area (Å²) in [6, 6.07) is 0. The van der Waals surface area contributed by atoms with Crippen LogP contribution >= 0.6 is 0 Å². The Morgan fingerprint density at radius 2 is 1.32 bits per heavy atom. The molecule has 0 rings (SSSR count). The van der Waals surface area contributed by atoms with E-state index in [2.05, 4.69) is 69.2 Å². The van der Waals surface area contributed by atoms with E-state index in [-0.39, 0.29) is 16.4 Å². The lowest BCUT2D eigenvalue weighted by atomic mass is 9.71. The molecular formula is C23H46O2. The van der Waals surface area contributed by atoms with Crippen molar-refractivity contribution in [2.24, 2.45) is 16.2 Å². The Morgan fingerprint density at radius 3 is 1.80 bits per heavy atom. The van der Waals surface area contributed by atoms with E-state index in [0.29, 0.717) is 17.6 Å². The number of ketones is 1. The van der Waals surface area contributed by atoms with Crippen LogP contribution in [-0.2, 0) is 9.53 Å². The smallest absolute Gasteiger partial charge is 0.138 e. The number of hydrogen-bond donors (Lipinski definition) is 0. The van der Waals surface area contributed by atoms with Crippen LogP contribution in [0.1, 0.15) is 114 Å². The third-order valence-electron chi connectivity index (χ3n) is 6.04. The SMILES string of the molecule is CCC(C)(C)CCOC(C)(C)CCCC(=O)C(C)(C)CC(C)(C)CC. The van der Waals surface area contributed by atoms with E-state index in [1.54, 1.807) is 0 Å². The van der Waals surface area contributed by atoms with E-state index >= 15 is 0 Å². The molecule has 0 amide bonds. The van der Waals surface area contributed by atoms with Crippen LogP contribution in [0.4, 0.5) is 0 Å². The van der Waals surface area contributed by atoms with Crippen LogP contribution in [0.5, 0.6) is 0 Å². The lowest BCUT2D eigenvalue weighted by molar-refractivity contribution is -0.129. The van der Waals surface area contributed by atoms with E-state index in [0.717, 1.165) is 38.7 Å². The summed E-state index contributed by atoms with van der Waals surface area (Å²) in [6.07, 6.45) is 6.86. The minimum atomic E-state index is -0.227. The van der Waals surface area contributed by atoms with Gasteiger partial charge >= 0.3 is 0 Å². The normalized spacial score (nSPS) is 14.0. The number of hydrogen-bond acceptors (Lipinski definition) is 2. The summed E-state index contributed by atoms with van der Waals surface area (Å²) in [7, 11) is 0. The van der Waals surface area contributed by atoms with Crippen molar-refractivity contribution >= 4 is 5.78 Å². The second-order valence-electron chi connectivity index (χ2n) is 10.7. The molecule has 0 aliphatic carbocycles. The molecule has 0 aliphatic heterocycles. The number of carbonyl (C=O) groups is 1. The van der Waals surface area contributed by atoms with Gasteiger partial charge in [-0.3, -0.25) is 4.79 Å². The van der Waals surface area contributed by atoms with Crippen molar-refractivity contribution in [3.8, 4) is 0 Å². The predicted molar refractivity (Wildman–Crippen MR) is 110 cm³/mol. The maximum atomic E-state index is 12.7. The Morgan fingerprint density at radius 1 is 0.800 bits per heavy atom. The zero-order valence-corrected chi connectivity index (χ0v) is 19.0. The monoisotopic (exact) mass is 354 g/mol. The van der Waals surface area contributed by atoms with Gasteiger partial charge in [-0.1, -0.05) is 68.2 Å². The molecule has 0 aliphatic rings. The molecule has 0 N–H and O–H groups in total. The third kappa shape index (κ3) is 10.4. The lowest BCUT2D eigenvalue weighted by Gasteiger charge is -2.34. The quantitative estimate of drug-likeness (QED) is 0.349. The van der Waals surface area contributed by atoms with Crippen molar-refractivity contribution < 1.29 is 9.53 Å². The predicted octanol–water partition coefficient (Wildman–Crippen LogP) is 7.20. The first kappa shape index (κ1) is 24.6. The van der Waals surface area contributed by atoms with Gasteiger partial charge in [-0.05, 0) is 50.4 Å². The van der Waals surface area contributed by atoms with Crippen LogP contribution < -0.4 is 0 Å². The molecule has 0 fully saturated rings. The summed E-state index contributed by atoms with van der Waals surface area (Å²) in [5.41, 5.74) is 0.211. The van der Waals surface area contributed by atoms with E-state index in [4.69, 9.17) is 4.74 Å². The Labute approximate surface area is 158 Å². The fourth-order valence-corrected chi connectivity index (χ4v) is 3.29. The second kappa shape index (κ2) is 9.53. The highest BCUT2D eigenvalue weighted by Crippen LogP contribution is 2.37. The Kier molecular flexibility index (Phi) is 9.39. The maximum absolute atomic E-state index is 12.7. The zero-order chi connectivity index (χ0) is 19.9. The van der Waals surface area contributed by atoms with Crippen molar-refractivity contribution in [3.05, 3.63) is 0 Å². The van der Waals surface area contributed by atoms with Gasteiger partial charge in [-0.25, -0.2) is 0 Å². The number of carbonyl (C=O) groups excluding carboxylic acids is 1. The highest BCUT2D eigenvalue weighted by Gasteiger charge is 2.33. The van der Waals surface area contributed by atoms with Crippen molar-refractivity contribution in [3.63, 3.8) is 0 Å². The molecule has 0 aromatic carbocycles. The van der Waals surface area contributed by atoms with Gasteiger partial charge in [0.1, 0.15) is 5.78 Å². The molecule has 25 heavy (non-hydrogen) atoms. The number of Topliss-reactive ketones (excluding diaryl/α,β-unsaturated/α-hetero) is 1. The zero-order valence-electron chi connectivity index (χ0n) is 19.0. The minimum absolute atomic E-state index is 0.142. The Balaban J connectivity index is 4.33. The average Bonchev–Trinajstić information content (AvgIpc) is 2.45. The fourth-order valence-electron chi connectivity index (χ4n) is 3.29. The summed E-state index contributed by atoms with van der Waals surface area (Å²) in [5.74, 6) is 0.400. The largest absolute Gasteiger partial charge is 0.376 e. The molecule has 0 bridgehead atoms. The van der Waals surface area contributed by atoms with Gasteiger partial charge in [-0.2, -0.15) is 0 Å². The van der Waals surface area contributed by atoms with Gasteiger partial charge < -0.3 is 4.74 Å². The first-order valence-corrected chi connectivity index (χ1v) is 10.3. The van der Waals surface area contributed by atoms with Gasteiger partial charge in [0.15, 0.2) is 0 Å². The summed E-state index contributed by atoms with van der Waals surface area (Å²) < 4.78 is 6.12. The maximum Gasteiger partial charge on any atom is 0.138 e. The molecule has 0 unspecified atom stereocenters. The molecular weight excluding hydrogens is 308 g/mol. The molecule has 0 heterocycles. The molecule has 2 nitrogen and oxygen atoms in total. The van der Waals surface area contributed by atoms with Crippen LogP contribution in [0.15, 0.2) is 0 Å². The molecule has 0 aromatic rings. The highest BCUT2D eigenvalue weighted by molar-refractivity contribution is 5.84. The topological polar surface area (TPSA) is 26.3 Å². The lowest BCUT2D eigenvalue weighted by Crippen LogP contribution is -2.31. The fraction of sp³-hybridized carbons (Fsp3) is 0.957. The van der Waals surface area contributed by atoms with E-state index in [1.165, 1.54) is 6.42 Å². The van der Waals surface area contributed by atoms with Gasteiger partial charge in [0, 0.05) is 18.4 Å². The van der Waals surface area contributed by atoms with Crippen molar-refractivity contribution in [2.45, 2.75) is 120 Å². The van der Waals surface area contributed by atoms with E-state index in [1.807, 2.05) is 0 Å². The molecule has 0 spiro atoms. The van der Waals surface area contributed by atoms with Crippen LogP contribution in [0, 0.1) is 16.2 Å². The van der Waals surface area contributed by atoms with Crippen molar-refractivity contribution in [1.29, 1.82) is 0 Å². The standard InChI is InChI=1S/C23H46O2/c1-11-20(3,4)16-17-25-23(9,10)15-13-14-19(24)22(7,8)18-21(5,6)12-2/h11-18H2,1-10H3. The Bertz CT molecular complexity index is 402. The Hall–Kier alpha value is -0.370. The van der Waals surface area contributed by atoms with Crippen molar-refractivity contribution in [2.75, 3.05) is 6.61 Å². The van der Waals surface area contributed by atoms with Gasteiger partial charge in [-0.15, -0.1) is 0 Å². The molecule has 0 radical (unpaired) electrons. The van der Waals surface area contributed by atoms with E-state index < -0.39 is 0 Å². The van der Waals surface area contributed by atoms with Crippen LogP contribution in [0.2, 0.25) is 0 Å². The van der Waals surface area contributed by atoms with E-state index in [9.17, 15) is 4.79 Å². The highest BCUT2D eigenvalue weighted by atomic mass is 16.5. The summed E-state index contributed by atoms with van der Waals surface area (Å²) in [6.45, 7) is 22.9. The molecule has 0 atom stereocenters. The summed E-state index contributed by atoms with van der Waals surface area (Å²) >= 11 is 0. The third-order valence-corrected chi connectivity index (χ3v) is 6.04. The minimum Gasteiger partial charge on any atom is -0.376 e. The van der Waals surface area contributed by atoms with Crippen molar-refractivity contribution in [1.82, 2.24) is 0 Å². The second-order valence-corrected chi connectivity index (χ2v) is 10.7. The first-order chi connectivity index (χ1) is 11.2.